The first-order valence-electron chi connectivity index (χ1n) is 9.33. The van der Waals surface area contributed by atoms with Crippen LogP contribution in [0, 0.1) is 18.6 Å². The van der Waals surface area contributed by atoms with Gasteiger partial charge in [0.05, 0.1) is 24.9 Å². The van der Waals surface area contributed by atoms with Crippen LogP contribution in [0.25, 0.3) is 11.1 Å². The lowest BCUT2D eigenvalue weighted by atomic mass is 9.99. The first kappa shape index (κ1) is 19.6. The van der Waals surface area contributed by atoms with Crippen molar-refractivity contribution in [2.75, 3.05) is 5.32 Å². The van der Waals surface area contributed by atoms with Crippen LogP contribution in [0.4, 0.5) is 20.3 Å². The first-order valence-corrected chi connectivity index (χ1v) is 9.33. The van der Waals surface area contributed by atoms with Gasteiger partial charge in [0.25, 0.3) is 5.56 Å². The zero-order valence-corrected chi connectivity index (χ0v) is 16.4. The minimum atomic E-state index is -0.771. The van der Waals surface area contributed by atoms with Gasteiger partial charge in [-0.15, -0.1) is 0 Å². The summed E-state index contributed by atoms with van der Waals surface area (Å²) in [7, 11) is 0. The van der Waals surface area contributed by atoms with E-state index in [2.05, 4.69) is 15.3 Å². The molecular formula is C22H18F2N4O2. The Hall–Kier alpha value is -3.68. The molecule has 152 valence electrons. The van der Waals surface area contributed by atoms with Crippen LogP contribution in [0.2, 0.25) is 0 Å². The number of carbonyl (C=O) groups is 1. The van der Waals surface area contributed by atoms with Crippen LogP contribution in [0.5, 0.6) is 0 Å². The smallest absolute Gasteiger partial charge is 0.270 e. The lowest BCUT2D eigenvalue weighted by Gasteiger charge is -2.14. The van der Waals surface area contributed by atoms with Crippen LogP contribution in [-0.2, 0) is 17.8 Å². The number of nitrogens with zero attached hydrogens (tertiary/aromatic N) is 3. The van der Waals surface area contributed by atoms with Gasteiger partial charge in [0.2, 0.25) is 5.91 Å². The molecule has 0 saturated carbocycles. The van der Waals surface area contributed by atoms with Crippen molar-refractivity contribution in [3.63, 3.8) is 0 Å². The van der Waals surface area contributed by atoms with E-state index in [-0.39, 0.29) is 30.3 Å². The lowest BCUT2D eigenvalue weighted by Crippen LogP contribution is -2.22. The first-order chi connectivity index (χ1) is 14.4. The van der Waals surface area contributed by atoms with Crippen molar-refractivity contribution in [3.8, 4) is 11.1 Å². The number of anilines is 1. The number of nitrogens with one attached hydrogen (secondary N) is 1. The fourth-order valence-corrected chi connectivity index (χ4v) is 3.51. The number of aryl methyl sites for hydroxylation is 1. The molecule has 3 aromatic rings. The van der Waals surface area contributed by atoms with Gasteiger partial charge in [0.15, 0.2) is 5.82 Å². The summed E-state index contributed by atoms with van der Waals surface area (Å²) in [6.45, 7) is 3.04. The number of hydrogen-bond acceptors (Lipinski definition) is 4. The van der Waals surface area contributed by atoms with Gasteiger partial charge >= 0.3 is 0 Å². The largest absolute Gasteiger partial charge is 0.326 e. The minimum absolute atomic E-state index is 0.113. The second-order valence-corrected chi connectivity index (χ2v) is 6.99. The Morgan fingerprint density at radius 2 is 1.90 bits per heavy atom. The van der Waals surface area contributed by atoms with E-state index >= 15 is 0 Å². The number of aliphatic imine (C=N–C) groups is 1. The molecular weight excluding hydrogens is 390 g/mol. The maximum absolute atomic E-state index is 14.9. The van der Waals surface area contributed by atoms with E-state index in [1.54, 1.807) is 32.0 Å². The summed E-state index contributed by atoms with van der Waals surface area (Å²) in [5.41, 5.74) is 2.17. The summed E-state index contributed by atoms with van der Waals surface area (Å²) in [4.78, 5) is 31.9. The lowest BCUT2D eigenvalue weighted by molar-refractivity contribution is -0.115. The van der Waals surface area contributed by atoms with Gasteiger partial charge in [-0.05, 0) is 54.8 Å². The van der Waals surface area contributed by atoms with Gasteiger partial charge in [-0.3, -0.25) is 19.1 Å². The standard InChI is InChI=1S/C22H18F2N4O2/c1-3-25-22-12(2)26-10-21(30)28(22)11-16-17(23)7-14(8-18(16)24)13-4-5-19-15(6-13)9-20(29)27-19/h3-8,10H,9,11H2,1-2H3,(H,27,29). The van der Waals surface area contributed by atoms with Gasteiger partial charge in [0, 0.05) is 17.5 Å². The third kappa shape index (κ3) is 3.52. The van der Waals surface area contributed by atoms with Crippen molar-refractivity contribution in [1.82, 2.24) is 9.55 Å². The number of amides is 1. The Bertz CT molecular complexity index is 1240. The Balaban J connectivity index is 1.74. The molecule has 1 amide bonds. The molecule has 0 unspecified atom stereocenters. The number of hydrogen-bond donors (Lipinski definition) is 1. The van der Waals surface area contributed by atoms with Crippen LogP contribution >= 0.6 is 0 Å². The van der Waals surface area contributed by atoms with E-state index in [9.17, 15) is 18.4 Å². The molecule has 0 bridgehead atoms. The Kier molecular flexibility index (Phi) is 4.99. The third-order valence-electron chi connectivity index (χ3n) is 4.99. The van der Waals surface area contributed by atoms with Crippen molar-refractivity contribution < 1.29 is 13.6 Å². The van der Waals surface area contributed by atoms with Crippen LogP contribution in [-0.4, -0.2) is 21.7 Å². The number of carbonyl (C=O) groups excluding carboxylic acids is 1. The van der Waals surface area contributed by atoms with E-state index in [1.165, 1.54) is 22.9 Å². The molecule has 2 heterocycles. The Morgan fingerprint density at radius 3 is 2.60 bits per heavy atom. The molecule has 2 aromatic carbocycles. The summed E-state index contributed by atoms with van der Waals surface area (Å²) < 4.78 is 31.0. The van der Waals surface area contributed by atoms with Gasteiger partial charge in [-0.1, -0.05) is 6.07 Å². The highest BCUT2D eigenvalue weighted by Crippen LogP contribution is 2.31. The summed E-state index contributed by atoms with van der Waals surface area (Å²) in [5, 5.41) is 2.72. The zero-order chi connectivity index (χ0) is 21.4. The van der Waals surface area contributed by atoms with Gasteiger partial charge in [0.1, 0.15) is 11.6 Å². The van der Waals surface area contributed by atoms with Crippen molar-refractivity contribution >= 4 is 23.6 Å². The maximum Gasteiger partial charge on any atom is 0.270 e. The summed E-state index contributed by atoms with van der Waals surface area (Å²) in [6, 6.07) is 7.61. The third-order valence-corrected chi connectivity index (χ3v) is 4.99. The average Bonchev–Trinajstić information content (AvgIpc) is 3.08. The molecule has 1 aliphatic heterocycles. The van der Waals surface area contributed by atoms with Gasteiger partial charge in [-0.25, -0.2) is 13.8 Å². The summed E-state index contributed by atoms with van der Waals surface area (Å²) in [6.07, 6.45) is 2.83. The van der Waals surface area contributed by atoms with E-state index in [4.69, 9.17) is 0 Å². The highest BCUT2D eigenvalue weighted by atomic mass is 19.1. The molecule has 6 nitrogen and oxygen atoms in total. The Morgan fingerprint density at radius 1 is 1.17 bits per heavy atom. The van der Waals surface area contributed by atoms with Crippen LogP contribution < -0.4 is 10.9 Å². The van der Waals surface area contributed by atoms with E-state index < -0.39 is 17.2 Å². The molecule has 30 heavy (non-hydrogen) atoms. The molecule has 1 aliphatic rings. The monoisotopic (exact) mass is 408 g/mol. The highest BCUT2D eigenvalue weighted by Gasteiger charge is 2.20. The predicted molar refractivity (Wildman–Crippen MR) is 110 cm³/mol. The quantitative estimate of drug-likeness (QED) is 0.668. The number of benzene rings is 2. The molecule has 8 heteroatoms. The SMILES string of the molecule is CC=Nc1c(C)ncc(=O)n1Cc1c(F)cc(-c2ccc3c(c2)CC(=O)N3)cc1F. The topological polar surface area (TPSA) is 76.3 Å². The van der Waals surface area contributed by atoms with Crippen molar-refractivity contribution in [1.29, 1.82) is 0 Å². The molecule has 0 atom stereocenters. The molecule has 0 fully saturated rings. The zero-order valence-electron chi connectivity index (χ0n) is 16.4. The molecule has 0 aliphatic carbocycles. The minimum Gasteiger partial charge on any atom is -0.326 e. The van der Waals surface area contributed by atoms with Crippen LogP contribution in [0.1, 0.15) is 23.7 Å². The highest BCUT2D eigenvalue weighted by molar-refractivity contribution is 5.99. The second kappa shape index (κ2) is 7.62. The van der Waals surface area contributed by atoms with Crippen molar-refractivity contribution in [2.24, 2.45) is 4.99 Å². The number of rotatable bonds is 4. The molecule has 1 aromatic heterocycles. The fourth-order valence-electron chi connectivity index (χ4n) is 3.51. The molecule has 0 radical (unpaired) electrons. The summed E-state index contributed by atoms with van der Waals surface area (Å²) >= 11 is 0. The second-order valence-electron chi connectivity index (χ2n) is 6.99. The maximum atomic E-state index is 14.9. The van der Waals surface area contributed by atoms with E-state index in [0.29, 0.717) is 22.5 Å². The van der Waals surface area contributed by atoms with E-state index in [1.807, 2.05) is 0 Å². The normalized spacial score (nSPS) is 13.0. The number of aromatic nitrogens is 2. The average molecular weight is 408 g/mol. The fraction of sp³-hybridized carbons (Fsp3) is 0.182. The molecule has 0 spiro atoms. The van der Waals surface area contributed by atoms with E-state index in [0.717, 1.165) is 11.8 Å². The van der Waals surface area contributed by atoms with Crippen molar-refractivity contribution in [3.05, 3.63) is 75.3 Å². The Labute approximate surface area is 170 Å². The molecule has 0 saturated heterocycles. The van der Waals surface area contributed by atoms with Gasteiger partial charge in [-0.2, -0.15) is 0 Å². The van der Waals surface area contributed by atoms with Crippen molar-refractivity contribution in [2.45, 2.75) is 26.8 Å². The van der Waals surface area contributed by atoms with Crippen LogP contribution in [0.3, 0.4) is 0 Å². The van der Waals surface area contributed by atoms with Gasteiger partial charge < -0.3 is 5.32 Å². The van der Waals surface area contributed by atoms with Crippen LogP contribution in [0.15, 0.2) is 46.3 Å². The molecule has 1 N–H and O–H groups in total. The number of halogens is 2. The number of fused-ring (bicyclic) bond motifs is 1. The molecule has 4 rings (SSSR count). The summed E-state index contributed by atoms with van der Waals surface area (Å²) in [5.74, 6) is -1.40. The predicted octanol–water partition coefficient (Wildman–Crippen LogP) is 3.76.